The number of thiazole rings is 1. The molecule has 0 aliphatic heterocycles. The lowest BCUT2D eigenvalue weighted by Gasteiger charge is -2.25. The zero-order valence-electron chi connectivity index (χ0n) is 17.1. The second kappa shape index (κ2) is 10.1. The summed E-state index contributed by atoms with van der Waals surface area (Å²) in [6.45, 7) is 0.745. The van der Waals surface area contributed by atoms with Crippen molar-refractivity contribution in [2.45, 2.75) is 19.6 Å². The van der Waals surface area contributed by atoms with Gasteiger partial charge in [0, 0.05) is 32.6 Å². The monoisotopic (exact) mass is 444 g/mol. The average molecular weight is 445 g/mol. The van der Waals surface area contributed by atoms with Gasteiger partial charge in [-0.1, -0.05) is 24.3 Å². The van der Waals surface area contributed by atoms with Gasteiger partial charge in [0.15, 0.2) is 0 Å². The van der Waals surface area contributed by atoms with E-state index < -0.39 is 0 Å². The average Bonchev–Trinajstić information content (AvgIpc) is 3.22. The molecule has 31 heavy (non-hydrogen) atoms. The number of aromatic nitrogens is 1. The predicted octanol–water partition coefficient (Wildman–Crippen LogP) is 4.04. The lowest BCUT2D eigenvalue weighted by Crippen LogP contribution is -2.38. The van der Waals surface area contributed by atoms with Gasteiger partial charge < -0.3 is 15.1 Å². The van der Waals surface area contributed by atoms with E-state index in [4.69, 9.17) is 0 Å². The molecule has 3 amide bonds. The number of nitrogens with one attached hydrogen (secondary N) is 1. The Bertz CT molecular complexity index is 1040. The van der Waals surface area contributed by atoms with Crippen molar-refractivity contribution in [1.82, 2.24) is 20.1 Å². The van der Waals surface area contributed by atoms with Crippen LogP contribution in [0.25, 0.3) is 0 Å². The van der Waals surface area contributed by atoms with Crippen molar-refractivity contribution < 1.29 is 18.4 Å². The third-order valence-electron chi connectivity index (χ3n) is 4.42. The molecule has 0 saturated carbocycles. The maximum absolute atomic E-state index is 13.2. The third-order valence-corrected chi connectivity index (χ3v) is 5.25. The molecule has 0 bridgehead atoms. The molecule has 9 heteroatoms. The zero-order valence-corrected chi connectivity index (χ0v) is 18.0. The SMILES string of the molecule is CN(C)C(=O)N(Cc1ccc(F)cc1)Cc1nc(C(=O)NCc2ccc(F)cc2)cs1. The molecule has 1 heterocycles. The van der Waals surface area contributed by atoms with Crippen LogP contribution in [-0.4, -0.2) is 40.8 Å². The van der Waals surface area contributed by atoms with Gasteiger partial charge in [-0.25, -0.2) is 18.6 Å². The number of halogens is 2. The molecule has 1 N–H and O–H groups in total. The lowest BCUT2D eigenvalue weighted by atomic mass is 10.2. The van der Waals surface area contributed by atoms with Crippen LogP contribution in [-0.2, 0) is 19.6 Å². The van der Waals surface area contributed by atoms with Gasteiger partial charge in [-0.15, -0.1) is 11.3 Å². The first-order valence-corrected chi connectivity index (χ1v) is 10.4. The molecule has 0 radical (unpaired) electrons. The second-order valence-electron chi connectivity index (χ2n) is 7.10. The second-order valence-corrected chi connectivity index (χ2v) is 8.04. The highest BCUT2D eigenvalue weighted by Gasteiger charge is 2.19. The highest BCUT2D eigenvalue weighted by Crippen LogP contribution is 2.16. The minimum atomic E-state index is -0.351. The van der Waals surface area contributed by atoms with E-state index in [2.05, 4.69) is 10.3 Å². The summed E-state index contributed by atoms with van der Waals surface area (Å²) in [7, 11) is 3.30. The summed E-state index contributed by atoms with van der Waals surface area (Å²) < 4.78 is 26.1. The lowest BCUT2D eigenvalue weighted by molar-refractivity contribution is 0.0946. The number of carbonyl (C=O) groups is 2. The van der Waals surface area contributed by atoms with Gasteiger partial charge in [-0.3, -0.25) is 4.79 Å². The molecule has 0 atom stereocenters. The fourth-order valence-corrected chi connectivity index (χ4v) is 3.60. The number of nitrogens with zero attached hydrogens (tertiary/aromatic N) is 3. The highest BCUT2D eigenvalue weighted by molar-refractivity contribution is 7.09. The Kier molecular flexibility index (Phi) is 7.30. The molecule has 6 nitrogen and oxygen atoms in total. The summed E-state index contributed by atoms with van der Waals surface area (Å²) in [5, 5.41) is 4.98. The van der Waals surface area contributed by atoms with Crippen molar-refractivity contribution >= 4 is 23.3 Å². The van der Waals surface area contributed by atoms with E-state index in [1.807, 2.05) is 0 Å². The fourth-order valence-electron chi connectivity index (χ4n) is 2.81. The Hall–Kier alpha value is -3.33. The minimum absolute atomic E-state index is 0.213. The van der Waals surface area contributed by atoms with Gasteiger partial charge in [0.2, 0.25) is 0 Å². The first-order chi connectivity index (χ1) is 14.8. The first-order valence-electron chi connectivity index (χ1n) is 9.49. The van der Waals surface area contributed by atoms with E-state index in [1.54, 1.807) is 48.6 Å². The van der Waals surface area contributed by atoms with Gasteiger partial charge in [0.25, 0.3) is 5.91 Å². The highest BCUT2D eigenvalue weighted by atomic mass is 32.1. The van der Waals surface area contributed by atoms with Gasteiger partial charge in [-0.05, 0) is 35.4 Å². The molecule has 0 fully saturated rings. The smallest absolute Gasteiger partial charge is 0.320 e. The quantitative estimate of drug-likeness (QED) is 0.598. The largest absolute Gasteiger partial charge is 0.347 e. The van der Waals surface area contributed by atoms with Crippen molar-refractivity contribution in [1.29, 1.82) is 0 Å². The first kappa shape index (κ1) is 22.4. The molecular formula is C22H22F2N4O2S. The van der Waals surface area contributed by atoms with Gasteiger partial charge in [-0.2, -0.15) is 0 Å². The summed E-state index contributed by atoms with van der Waals surface area (Å²) in [6, 6.07) is 11.6. The maximum Gasteiger partial charge on any atom is 0.320 e. The van der Waals surface area contributed by atoms with E-state index in [1.165, 1.54) is 40.5 Å². The van der Waals surface area contributed by atoms with E-state index in [-0.39, 0.29) is 48.9 Å². The summed E-state index contributed by atoms with van der Waals surface area (Å²) in [5.74, 6) is -1.03. The number of hydrogen-bond donors (Lipinski definition) is 1. The summed E-state index contributed by atoms with van der Waals surface area (Å²) in [5.41, 5.74) is 1.80. The van der Waals surface area contributed by atoms with Crippen LogP contribution in [0.4, 0.5) is 13.6 Å². The molecule has 0 spiro atoms. The van der Waals surface area contributed by atoms with Gasteiger partial charge in [0.05, 0.1) is 6.54 Å². The molecule has 0 unspecified atom stereocenters. The Balaban J connectivity index is 1.65. The molecule has 3 rings (SSSR count). The van der Waals surface area contributed by atoms with Crippen LogP contribution in [0.3, 0.4) is 0 Å². The Morgan fingerprint density at radius 3 is 2.10 bits per heavy atom. The van der Waals surface area contributed by atoms with Crippen molar-refractivity contribution in [3.8, 4) is 0 Å². The van der Waals surface area contributed by atoms with Crippen LogP contribution in [0.5, 0.6) is 0 Å². The third kappa shape index (κ3) is 6.32. The fraction of sp³-hybridized carbons (Fsp3) is 0.227. The van der Waals surface area contributed by atoms with Crippen LogP contribution in [0.2, 0.25) is 0 Å². The topological polar surface area (TPSA) is 65.5 Å². The number of benzene rings is 2. The van der Waals surface area contributed by atoms with Crippen molar-refractivity contribution in [2.75, 3.05) is 14.1 Å². The molecule has 0 aliphatic carbocycles. The summed E-state index contributed by atoms with van der Waals surface area (Å²) in [6.07, 6.45) is 0. The Morgan fingerprint density at radius 2 is 1.52 bits per heavy atom. The molecule has 0 aliphatic rings. The number of hydrogen-bond acceptors (Lipinski definition) is 4. The molecule has 0 saturated heterocycles. The number of carbonyl (C=O) groups excluding carboxylic acids is 2. The summed E-state index contributed by atoms with van der Waals surface area (Å²) >= 11 is 1.28. The Morgan fingerprint density at radius 1 is 0.935 bits per heavy atom. The van der Waals surface area contributed by atoms with Crippen LogP contribution in [0.1, 0.15) is 26.6 Å². The van der Waals surface area contributed by atoms with E-state index in [0.29, 0.717) is 5.01 Å². The van der Waals surface area contributed by atoms with Crippen LogP contribution < -0.4 is 5.32 Å². The van der Waals surface area contributed by atoms with Gasteiger partial charge in [0.1, 0.15) is 22.3 Å². The molecule has 1 aromatic heterocycles. The van der Waals surface area contributed by atoms with E-state index in [9.17, 15) is 18.4 Å². The van der Waals surface area contributed by atoms with Crippen LogP contribution >= 0.6 is 11.3 Å². The molecule has 162 valence electrons. The Labute approximate surface area is 183 Å². The maximum atomic E-state index is 13.2. The zero-order chi connectivity index (χ0) is 22.4. The summed E-state index contributed by atoms with van der Waals surface area (Å²) in [4.78, 5) is 32.4. The van der Waals surface area contributed by atoms with Gasteiger partial charge >= 0.3 is 6.03 Å². The van der Waals surface area contributed by atoms with Crippen LogP contribution in [0.15, 0.2) is 53.9 Å². The minimum Gasteiger partial charge on any atom is -0.347 e. The molecule has 2 aromatic carbocycles. The van der Waals surface area contributed by atoms with Crippen molar-refractivity contribution in [3.63, 3.8) is 0 Å². The number of amides is 3. The molecule has 3 aromatic rings. The molecular weight excluding hydrogens is 422 g/mol. The number of urea groups is 1. The van der Waals surface area contributed by atoms with Crippen molar-refractivity contribution in [3.05, 3.63) is 87.4 Å². The van der Waals surface area contributed by atoms with E-state index >= 15 is 0 Å². The number of rotatable bonds is 7. The predicted molar refractivity (Wildman–Crippen MR) is 114 cm³/mol. The standard InChI is InChI=1S/C22H22F2N4O2S/c1-27(2)22(30)28(12-16-5-9-18(24)10-6-16)13-20-26-19(14-31-20)21(29)25-11-15-3-7-17(23)8-4-15/h3-10,14H,11-13H2,1-2H3,(H,25,29). The van der Waals surface area contributed by atoms with E-state index in [0.717, 1.165) is 11.1 Å². The van der Waals surface area contributed by atoms with Crippen molar-refractivity contribution in [2.24, 2.45) is 0 Å². The van der Waals surface area contributed by atoms with Crippen LogP contribution in [0, 0.1) is 11.6 Å². The normalized spacial score (nSPS) is 10.6.